The van der Waals surface area contributed by atoms with E-state index in [9.17, 15) is 14.4 Å². The first-order valence-electron chi connectivity index (χ1n) is 10.5. The Labute approximate surface area is 179 Å². The second kappa shape index (κ2) is 7.37. The maximum atomic E-state index is 12.8. The molecule has 0 bridgehead atoms. The molecule has 160 valence electrons. The minimum Gasteiger partial charge on any atom is -0.460 e. The third-order valence-corrected chi connectivity index (χ3v) is 6.59. The van der Waals surface area contributed by atoms with E-state index in [-0.39, 0.29) is 23.5 Å². The molecule has 0 N–H and O–H groups in total. The van der Waals surface area contributed by atoms with Crippen molar-refractivity contribution in [1.82, 2.24) is 19.0 Å². The predicted molar refractivity (Wildman–Crippen MR) is 113 cm³/mol. The lowest BCUT2D eigenvalue weighted by Gasteiger charge is -2.36. The van der Waals surface area contributed by atoms with Gasteiger partial charge in [0.2, 0.25) is 5.56 Å². The lowest BCUT2D eigenvalue weighted by atomic mass is 9.76. The van der Waals surface area contributed by atoms with E-state index in [1.165, 1.54) is 10.6 Å². The van der Waals surface area contributed by atoms with E-state index in [4.69, 9.17) is 4.74 Å². The van der Waals surface area contributed by atoms with Crippen molar-refractivity contribution in [2.24, 2.45) is 12.5 Å². The summed E-state index contributed by atoms with van der Waals surface area (Å²) in [7, 11) is 1.63. The molecule has 2 aliphatic heterocycles. The first-order chi connectivity index (χ1) is 14.9. The van der Waals surface area contributed by atoms with Gasteiger partial charge in [-0.25, -0.2) is 4.98 Å². The summed E-state index contributed by atoms with van der Waals surface area (Å²) in [6, 6.07) is 10.9. The number of esters is 1. The van der Waals surface area contributed by atoms with Crippen LogP contribution in [-0.4, -0.2) is 50.1 Å². The Morgan fingerprint density at radius 1 is 1.16 bits per heavy atom. The molecule has 1 unspecified atom stereocenters. The van der Waals surface area contributed by atoms with Gasteiger partial charge in [-0.3, -0.25) is 14.4 Å². The number of fused-ring (bicyclic) bond motifs is 1. The number of imidazole rings is 1. The highest BCUT2D eigenvalue weighted by molar-refractivity contribution is 5.94. The zero-order chi connectivity index (χ0) is 21.6. The molecule has 1 amide bonds. The quantitative estimate of drug-likeness (QED) is 0.605. The monoisotopic (exact) mass is 420 g/mol. The third kappa shape index (κ3) is 3.41. The summed E-state index contributed by atoms with van der Waals surface area (Å²) in [5.41, 5.74) is 1.75. The number of carbonyl (C=O) groups is 2. The molecule has 2 saturated heterocycles. The normalized spacial score (nSPS) is 20.4. The van der Waals surface area contributed by atoms with Gasteiger partial charge in [-0.05, 0) is 31.0 Å². The average Bonchev–Trinajstić information content (AvgIpc) is 3.31. The van der Waals surface area contributed by atoms with Gasteiger partial charge < -0.3 is 18.8 Å². The average molecular weight is 420 g/mol. The van der Waals surface area contributed by atoms with Gasteiger partial charge in [0, 0.05) is 38.8 Å². The third-order valence-electron chi connectivity index (χ3n) is 6.59. The number of likely N-dealkylation sites (tertiary alicyclic amines) is 1. The van der Waals surface area contributed by atoms with Crippen molar-refractivity contribution in [2.45, 2.75) is 31.9 Å². The Balaban J connectivity index is 1.25. The Morgan fingerprint density at radius 3 is 2.71 bits per heavy atom. The van der Waals surface area contributed by atoms with E-state index in [0.717, 1.165) is 11.0 Å². The van der Waals surface area contributed by atoms with Crippen LogP contribution in [0, 0.1) is 5.41 Å². The van der Waals surface area contributed by atoms with Crippen LogP contribution in [0.15, 0.2) is 53.7 Å². The molecule has 4 heterocycles. The SMILES string of the molecule is Cn1cc(C(=O)N2CCC3(CC2)CC(Cn2cnc4ccccc42)OC3=O)ccc1=O. The summed E-state index contributed by atoms with van der Waals surface area (Å²) >= 11 is 0. The van der Waals surface area contributed by atoms with Gasteiger partial charge in [0.25, 0.3) is 5.91 Å². The fourth-order valence-corrected chi connectivity index (χ4v) is 4.76. The number of carbonyl (C=O) groups excluding carboxylic acids is 2. The summed E-state index contributed by atoms with van der Waals surface area (Å²) in [6.45, 7) is 1.57. The van der Waals surface area contributed by atoms with Crippen LogP contribution < -0.4 is 5.56 Å². The number of benzene rings is 1. The molecular formula is C23H24N4O4. The van der Waals surface area contributed by atoms with Crippen LogP contribution in [0.25, 0.3) is 11.0 Å². The molecule has 2 aliphatic rings. The summed E-state index contributed by atoms with van der Waals surface area (Å²) in [5.74, 6) is -0.269. The zero-order valence-corrected chi connectivity index (χ0v) is 17.4. The fraction of sp³-hybridized carbons (Fsp3) is 0.391. The highest BCUT2D eigenvalue weighted by atomic mass is 16.6. The first-order valence-corrected chi connectivity index (χ1v) is 10.5. The predicted octanol–water partition coefficient (Wildman–Crippen LogP) is 1.97. The van der Waals surface area contributed by atoms with Gasteiger partial charge in [0.1, 0.15) is 6.10 Å². The van der Waals surface area contributed by atoms with Gasteiger partial charge >= 0.3 is 5.97 Å². The highest BCUT2D eigenvalue weighted by Gasteiger charge is 2.50. The lowest BCUT2D eigenvalue weighted by Crippen LogP contribution is -2.45. The van der Waals surface area contributed by atoms with Gasteiger partial charge in [0.05, 0.1) is 34.9 Å². The maximum Gasteiger partial charge on any atom is 0.312 e. The molecule has 0 saturated carbocycles. The van der Waals surface area contributed by atoms with Gasteiger partial charge in [-0.1, -0.05) is 12.1 Å². The van der Waals surface area contributed by atoms with Crippen LogP contribution >= 0.6 is 0 Å². The van der Waals surface area contributed by atoms with Gasteiger partial charge in [0.15, 0.2) is 0 Å². The molecule has 8 heteroatoms. The molecule has 8 nitrogen and oxygen atoms in total. The molecule has 1 aromatic carbocycles. The lowest BCUT2D eigenvalue weighted by molar-refractivity contribution is -0.150. The van der Waals surface area contributed by atoms with E-state index in [2.05, 4.69) is 4.98 Å². The van der Waals surface area contributed by atoms with Crippen molar-refractivity contribution in [3.63, 3.8) is 0 Å². The van der Waals surface area contributed by atoms with Crippen molar-refractivity contribution >= 4 is 22.9 Å². The number of nitrogens with zero attached hydrogens (tertiary/aromatic N) is 4. The molecule has 0 radical (unpaired) electrons. The summed E-state index contributed by atoms with van der Waals surface area (Å²) in [6.07, 6.45) is 4.98. The molecule has 1 atom stereocenters. The number of hydrogen-bond donors (Lipinski definition) is 0. The van der Waals surface area contributed by atoms with E-state index in [1.807, 2.05) is 28.8 Å². The number of para-hydroxylation sites is 2. The second-order valence-corrected chi connectivity index (χ2v) is 8.56. The molecule has 2 fully saturated rings. The minimum absolute atomic E-state index is 0.113. The van der Waals surface area contributed by atoms with Gasteiger partial charge in [-0.2, -0.15) is 0 Å². The van der Waals surface area contributed by atoms with E-state index in [0.29, 0.717) is 44.5 Å². The highest BCUT2D eigenvalue weighted by Crippen LogP contribution is 2.43. The molecule has 3 aromatic rings. The van der Waals surface area contributed by atoms with Crippen LogP contribution in [0.4, 0.5) is 0 Å². The standard InChI is InChI=1S/C23H24N4O4/c1-25-13-16(6-7-20(25)28)21(29)26-10-8-23(9-11-26)12-17(31-22(23)30)14-27-15-24-18-4-2-3-5-19(18)27/h2-7,13,15,17H,8-12,14H2,1H3. The topological polar surface area (TPSA) is 86.4 Å². The Morgan fingerprint density at radius 2 is 1.94 bits per heavy atom. The van der Waals surface area contributed by atoms with Crippen LogP contribution in [0.1, 0.15) is 29.6 Å². The van der Waals surface area contributed by atoms with Crippen molar-refractivity contribution in [2.75, 3.05) is 13.1 Å². The molecular weight excluding hydrogens is 396 g/mol. The Hall–Kier alpha value is -3.42. The van der Waals surface area contributed by atoms with Crippen molar-refractivity contribution in [3.8, 4) is 0 Å². The van der Waals surface area contributed by atoms with Crippen LogP contribution in [0.3, 0.4) is 0 Å². The fourth-order valence-electron chi connectivity index (χ4n) is 4.76. The largest absolute Gasteiger partial charge is 0.460 e. The summed E-state index contributed by atoms with van der Waals surface area (Å²) in [4.78, 5) is 43.4. The minimum atomic E-state index is -0.526. The number of amides is 1. The number of aryl methyl sites for hydroxylation is 1. The number of aromatic nitrogens is 3. The number of cyclic esters (lactones) is 1. The second-order valence-electron chi connectivity index (χ2n) is 8.56. The number of rotatable bonds is 3. The smallest absolute Gasteiger partial charge is 0.312 e. The number of ether oxygens (including phenoxy) is 1. The van der Waals surface area contributed by atoms with Crippen LogP contribution in [-0.2, 0) is 23.1 Å². The van der Waals surface area contributed by atoms with Gasteiger partial charge in [-0.15, -0.1) is 0 Å². The van der Waals surface area contributed by atoms with E-state index < -0.39 is 5.41 Å². The van der Waals surface area contributed by atoms with Crippen LogP contribution in [0.5, 0.6) is 0 Å². The molecule has 1 spiro atoms. The summed E-state index contributed by atoms with van der Waals surface area (Å²) in [5, 5.41) is 0. The van der Waals surface area contributed by atoms with Crippen molar-refractivity contribution in [3.05, 3.63) is 64.8 Å². The summed E-state index contributed by atoms with van der Waals surface area (Å²) < 4.78 is 9.19. The molecule has 2 aromatic heterocycles. The van der Waals surface area contributed by atoms with Crippen molar-refractivity contribution < 1.29 is 14.3 Å². The Bertz CT molecular complexity index is 1220. The first kappa shape index (κ1) is 19.5. The molecule has 0 aliphatic carbocycles. The number of hydrogen-bond acceptors (Lipinski definition) is 5. The number of pyridine rings is 1. The van der Waals surface area contributed by atoms with E-state index in [1.54, 1.807) is 30.5 Å². The molecule has 31 heavy (non-hydrogen) atoms. The zero-order valence-electron chi connectivity index (χ0n) is 17.4. The van der Waals surface area contributed by atoms with Crippen molar-refractivity contribution in [1.29, 1.82) is 0 Å². The van der Waals surface area contributed by atoms with E-state index >= 15 is 0 Å². The maximum absolute atomic E-state index is 12.8. The Kier molecular flexibility index (Phi) is 4.64. The molecule has 5 rings (SSSR count). The number of piperidine rings is 1. The van der Waals surface area contributed by atoms with Crippen LogP contribution in [0.2, 0.25) is 0 Å².